The van der Waals surface area contributed by atoms with E-state index in [2.05, 4.69) is 247 Å². The predicted molar refractivity (Wildman–Crippen MR) is 533 cm³/mol. The minimum absolute atomic E-state index is 0.0244. The van der Waals surface area contributed by atoms with Gasteiger partial charge in [0, 0.05) is 11.8 Å². The second-order valence-electron chi connectivity index (χ2n) is 31.9. The molecule has 5 fully saturated rings. The number of aromatic amines is 1. The van der Waals surface area contributed by atoms with Crippen molar-refractivity contribution in [3.63, 3.8) is 0 Å². The van der Waals surface area contributed by atoms with Crippen LogP contribution in [0.15, 0.2) is 109 Å². The smallest absolute Gasteiger partial charge is 0.379 e. The first-order valence-electron chi connectivity index (χ1n) is 40.9. The number of nitrogens with two attached hydrogens (primary N) is 7. The van der Waals surface area contributed by atoms with Crippen LogP contribution in [0.25, 0.3) is 28.2 Å². The van der Waals surface area contributed by atoms with Crippen molar-refractivity contribution in [2.24, 2.45) is 11.8 Å². The summed E-state index contributed by atoms with van der Waals surface area (Å²) in [5.74, 6) is -1.29. The van der Waals surface area contributed by atoms with E-state index in [-0.39, 0.29) is 127 Å². The van der Waals surface area contributed by atoms with E-state index in [1.807, 2.05) is 18.2 Å². The number of ether oxygens (including phenoxy) is 5. The van der Waals surface area contributed by atoms with Gasteiger partial charge in [-0.3, -0.25) is 28.4 Å². The molecule has 10 aromatic heterocycles. The number of para-hydroxylation sites is 2. The predicted octanol–water partition coefficient (Wildman–Crippen LogP) is 3.82. The number of rotatable bonds is 24. The fraction of sp³-hybridized carbons (Fsp3) is 0.429. The van der Waals surface area contributed by atoms with Crippen LogP contribution in [0.2, 0.25) is 0 Å². The first-order valence-corrected chi connectivity index (χ1v) is 52.3. The maximum atomic E-state index is 13.8. The number of hydrogen-bond donors (Lipinski definition) is 16. The lowest BCUT2D eigenvalue weighted by atomic mass is 9.96. The van der Waals surface area contributed by atoms with Crippen molar-refractivity contribution >= 4 is 255 Å². The van der Waals surface area contributed by atoms with Gasteiger partial charge in [0.2, 0.25) is 51.5 Å². The molecular formula is C77H78Br10N32O22P2. The van der Waals surface area contributed by atoms with Crippen molar-refractivity contribution in [3.05, 3.63) is 143 Å². The third kappa shape index (κ3) is 19.7. The minimum Gasteiger partial charge on any atom is -0.424 e. The van der Waals surface area contributed by atoms with E-state index in [0.29, 0.717) is 5.75 Å². The molecule has 0 spiro atoms. The van der Waals surface area contributed by atoms with E-state index in [4.69, 9.17) is 81.9 Å². The van der Waals surface area contributed by atoms with Crippen LogP contribution in [0.5, 0.6) is 11.5 Å². The van der Waals surface area contributed by atoms with Crippen LogP contribution in [0.3, 0.4) is 0 Å². The largest absolute Gasteiger partial charge is 0.424 e. The van der Waals surface area contributed by atoms with Gasteiger partial charge >= 0.3 is 15.2 Å². The van der Waals surface area contributed by atoms with Gasteiger partial charge in [0.1, 0.15) is 156 Å². The molecule has 19 atom stereocenters. The number of hydrogen-bond acceptors (Lipinski definition) is 48. The van der Waals surface area contributed by atoms with Gasteiger partial charge in [0.05, 0.1) is 76.3 Å². The summed E-state index contributed by atoms with van der Waals surface area (Å²) < 4.78 is 78.1. The highest BCUT2D eigenvalue weighted by molar-refractivity contribution is 9.26. The zero-order valence-electron chi connectivity index (χ0n) is 73.4. The van der Waals surface area contributed by atoms with Crippen LogP contribution in [-0.4, -0.2) is 273 Å². The number of carbonyl (C=O) groups is 2. The van der Waals surface area contributed by atoms with Gasteiger partial charge in [-0.1, -0.05) is 210 Å². The molecule has 5 saturated heterocycles. The quantitative estimate of drug-likeness (QED) is 0.0302. The van der Waals surface area contributed by atoms with Crippen molar-refractivity contribution in [1.82, 2.24) is 97.9 Å². The lowest BCUT2D eigenvalue weighted by Gasteiger charge is -2.30. The summed E-state index contributed by atoms with van der Waals surface area (Å²) in [7, 11) is -7.84. The molecule has 758 valence electrons. The summed E-state index contributed by atoms with van der Waals surface area (Å²) in [5.41, 5.74) is 31.8. The Balaban J connectivity index is 0.000000153. The number of ketones is 2. The maximum Gasteiger partial charge on any atom is 0.379 e. The molecule has 0 aliphatic carbocycles. The second kappa shape index (κ2) is 42.5. The average molecular weight is 2660 g/mol. The summed E-state index contributed by atoms with van der Waals surface area (Å²) in [6, 6.07) is 26.9. The molecule has 2 unspecified atom stereocenters. The van der Waals surface area contributed by atoms with Crippen LogP contribution in [0.1, 0.15) is 56.2 Å². The van der Waals surface area contributed by atoms with Crippen molar-refractivity contribution in [3.8, 4) is 41.8 Å². The molecule has 0 bridgehead atoms. The van der Waals surface area contributed by atoms with E-state index in [1.54, 1.807) is 74.5 Å². The van der Waals surface area contributed by atoms with Crippen LogP contribution >= 0.6 is 174 Å². The number of aliphatic hydroxyl groups is 8. The zero-order chi connectivity index (χ0) is 105. The molecule has 0 amide bonds. The van der Waals surface area contributed by atoms with E-state index in [0.717, 1.165) is 4.52 Å². The molecule has 5 aliphatic rings. The number of H-pyrrole nitrogens is 1. The fourth-order valence-corrected chi connectivity index (χ4v) is 25.9. The molecule has 17 rings (SSSR count). The lowest BCUT2D eigenvalue weighted by Crippen LogP contribution is -2.45. The molecule has 66 heteroatoms. The molecule has 15 heterocycles. The number of nitriles is 5. The number of alkyl halides is 10. The Labute approximate surface area is 888 Å². The Bertz CT molecular complexity index is 7240. The van der Waals surface area contributed by atoms with Crippen molar-refractivity contribution < 1.29 is 101 Å². The standard InChI is InChI=1S/C22H24Br2N7O6P.C22H23Br2N6O6P.C11H11Br2N7O3.C11H10Br2N6O4.C11H10Br2N6O3/c1-12(13(2)32)10-38(34,37-14-6-4-3-5-7-14)35-9-15-17(33)22(23,24)21(11-25,36-15)16-8-28-19-18(26)29-20(27)30-31(16)19;1-13(14(2)31)10-37(33,36-15-6-4-3-5-7-15)34-9-16-18(32)22(23,24)21(11-25,35-16)17-8-27-20-19(26)28-12-29-30(17)20;12-11(13)6(22)4(2-21)23-10(11,3-14)5-1-17-8-7(15)18-9(16)19-20(5)8;12-11(13)6(21)4(2-20)23-10(11,3-14)5-1-16-7-8(22)17-9(15)18-19(5)7;12-11(13)7(21)5(2-20)22-10(11,3-14)6-1-16-9-8(15)17-4-18-19(6)9/h3-8,12,15,17,33H,9-10H2,1-2H3,(H4,26,27,29,30);3-8,12-13,16,18,32H,9-10H2,1-2H3,(H2,26,28,29);1,4,6,21-22H,2H2,(H4,15,16,18,19);1,4,6,20-21H,2H2,(H3,15,17,18,22);1,4-5,7,20-21H,2H2,(H2,15,17,18)/t12-,15-,17+,21+,38?;13-,16-,18+,21+,37?;2*4-,6+,10+;5-,7+,10+/m11111/s1. The van der Waals surface area contributed by atoms with Gasteiger partial charge in [0.15, 0.2) is 62.0 Å². The Morgan fingerprint density at radius 2 is 0.692 bits per heavy atom. The van der Waals surface area contributed by atoms with Crippen LogP contribution in [-0.2, 0) is 79.5 Å². The van der Waals surface area contributed by atoms with Crippen molar-refractivity contribution in [1.29, 1.82) is 26.3 Å². The first-order chi connectivity index (χ1) is 67.2. The van der Waals surface area contributed by atoms with E-state index in [1.165, 1.54) is 75.5 Å². The van der Waals surface area contributed by atoms with Gasteiger partial charge in [-0.15, -0.1) is 15.3 Å². The summed E-state index contributed by atoms with van der Waals surface area (Å²) in [6.07, 6.45) is -3.29. The number of aromatic nitrogens is 20. The monoisotopic (exact) mass is 2650 g/mol. The SMILES string of the molecule is CC(=O)[C@H](C)CP(=O)(OC[C@H]1O[C@@](C#N)(c2cnc3c(N)nc(N)nn23)C(Br)(Br)[C@H]1O)Oc1ccccc1.CC(=O)[C@H](C)CP(=O)(OC[C@H]1O[C@@](C#N)(c2cnc3c(N)ncnn23)C(Br)(Br)[C@H]1O)Oc1ccccc1.N#C[C@@]1(c2cnc3c(=O)[nH]c(N)nn23)O[C@H](CO)[C@H](O)C1(Br)Br.N#C[C@@]1(c2cnc3c(N)nc(N)nn23)O[C@H](CO)[C@H](O)C1(Br)Br.N#C[C@@]1(c2cnc3c(N)ncnn23)O[C@H](CO)[C@H](O)C1(Br)Br. The number of carbonyl (C=O) groups excluding carboxylic acids is 2. The van der Waals surface area contributed by atoms with E-state index in [9.17, 15) is 90.7 Å². The molecular weight excluding hydrogens is 2590 g/mol. The minimum atomic E-state index is -3.93. The fourth-order valence-electron chi connectivity index (χ4n) is 15.1. The molecule has 5 aliphatic heterocycles. The van der Waals surface area contributed by atoms with Crippen LogP contribution in [0.4, 0.5) is 41.1 Å². The van der Waals surface area contributed by atoms with Gasteiger partial charge < -0.3 is 114 Å². The number of nitrogens with one attached hydrogen (secondary N) is 1. The summed E-state index contributed by atoms with van der Waals surface area (Å²) in [6.45, 7) is 3.66. The molecule has 23 N–H and O–H groups in total. The number of fused-ring (bicyclic) bond motifs is 5. The number of nitrogen functional groups attached to an aromatic ring is 7. The number of nitrogens with zero attached hydrogens (tertiary/aromatic N) is 24. The Hall–Kier alpha value is -9.36. The zero-order valence-corrected chi connectivity index (χ0v) is 91.1. The second-order valence-corrected chi connectivity index (χ2v) is 53.8. The van der Waals surface area contributed by atoms with Crippen LogP contribution in [0, 0.1) is 68.5 Å². The third-order valence-corrected chi connectivity index (χ3v) is 37.2. The highest BCUT2D eigenvalue weighted by atomic mass is 79.9. The normalized spacial score (nSPS) is 27.4. The highest BCUT2D eigenvalue weighted by Crippen LogP contribution is 2.63. The number of Topliss-reactive ketones (excluding diaryl/α,β-unsaturated/α-hetero) is 2. The summed E-state index contributed by atoms with van der Waals surface area (Å²) >= 11 is 33.2. The number of imidazole rings is 5. The Morgan fingerprint density at radius 3 is 0.972 bits per heavy atom. The van der Waals surface area contributed by atoms with Gasteiger partial charge in [0.25, 0.3) is 5.56 Å². The molecule has 143 heavy (non-hydrogen) atoms. The average Bonchev–Trinajstić information content (AvgIpc) is 1.57. The van der Waals surface area contributed by atoms with E-state index >= 15 is 0 Å². The Kier molecular flexibility index (Phi) is 32.9. The molecule has 54 nitrogen and oxygen atoms in total. The van der Waals surface area contributed by atoms with Gasteiger partial charge in [-0.05, 0) is 38.1 Å². The lowest BCUT2D eigenvalue weighted by molar-refractivity contribution is -0.120. The topological polar surface area (TPSA) is 850 Å². The van der Waals surface area contributed by atoms with Crippen LogP contribution < -0.4 is 54.7 Å². The van der Waals surface area contributed by atoms with E-state index < -0.39 is 171 Å². The molecule has 12 aromatic rings. The number of benzene rings is 2. The number of halogens is 10. The first kappa shape index (κ1) is 111. The molecule has 0 radical (unpaired) electrons. The summed E-state index contributed by atoms with van der Waals surface area (Å²) in [4.78, 5) is 73.8. The molecule has 2 aromatic carbocycles. The Morgan fingerprint density at radius 1 is 0.427 bits per heavy atom. The van der Waals surface area contributed by atoms with Crippen molar-refractivity contribution in [2.75, 3.05) is 85.5 Å². The third-order valence-electron chi connectivity index (χ3n) is 22.8. The maximum absolute atomic E-state index is 13.8. The molecule has 0 saturated carbocycles. The van der Waals surface area contributed by atoms with Crippen molar-refractivity contribution in [2.45, 2.75) is 133 Å². The number of anilines is 7. The van der Waals surface area contributed by atoms with Gasteiger partial charge in [-0.2, -0.15) is 46.5 Å². The highest BCUT2D eigenvalue weighted by Gasteiger charge is 2.72. The number of aliphatic hydroxyl groups excluding tert-OH is 8. The van der Waals surface area contributed by atoms with Gasteiger partial charge in [-0.25, -0.2) is 66.6 Å². The summed E-state index contributed by atoms with van der Waals surface area (Å²) in [5, 5.41) is 151.